The summed E-state index contributed by atoms with van der Waals surface area (Å²) in [7, 11) is 0. The molecule has 0 aromatic rings. The topological polar surface area (TPSA) is 113 Å². The summed E-state index contributed by atoms with van der Waals surface area (Å²) in [6.45, 7) is 16.0. The van der Waals surface area contributed by atoms with E-state index in [0.29, 0.717) is 12.8 Å². The van der Waals surface area contributed by atoms with E-state index in [1.165, 1.54) is 0 Å². The maximum absolute atomic E-state index is 11.3. The van der Waals surface area contributed by atoms with E-state index in [-0.39, 0.29) is 47.9 Å². The fourth-order valence-corrected chi connectivity index (χ4v) is 2.88. The van der Waals surface area contributed by atoms with Crippen LogP contribution in [0.4, 0.5) is 0 Å². The number of ether oxygens (including phenoxy) is 1. The smallest absolute Gasteiger partial charge is 0.348 e. The SMILES string of the molecule is C=CCC(C)(C)C=C(C#N)C(=O)OCC.CCCC(C)(C)CC(CN)C(=O)O.Cl. The number of nitrogens with two attached hydrogens (primary N) is 1. The average molecular weight is 431 g/mol. The third-order valence-electron chi connectivity index (χ3n) is 4.18. The van der Waals surface area contributed by atoms with Crippen LogP contribution in [-0.4, -0.2) is 30.2 Å². The number of aliphatic carboxylic acids is 1. The summed E-state index contributed by atoms with van der Waals surface area (Å²) in [5.41, 5.74) is 5.30. The molecule has 0 aliphatic heterocycles. The summed E-state index contributed by atoms with van der Waals surface area (Å²) in [6, 6.07) is 1.85. The van der Waals surface area contributed by atoms with Crippen molar-refractivity contribution in [2.24, 2.45) is 22.5 Å². The molecule has 0 spiro atoms. The number of rotatable bonds is 11. The Morgan fingerprint density at radius 2 is 1.83 bits per heavy atom. The van der Waals surface area contributed by atoms with Crippen molar-refractivity contribution >= 4 is 24.3 Å². The molecule has 29 heavy (non-hydrogen) atoms. The van der Waals surface area contributed by atoms with Gasteiger partial charge in [-0.2, -0.15) is 5.26 Å². The first-order valence-corrected chi connectivity index (χ1v) is 9.73. The Hall–Kier alpha value is -1.84. The van der Waals surface area contributed by atoms with Crippen molar-refractivity contribution in [3.63, 3.8) is 0 Å². The lowest BCUT2D eigenvalue weighted by molar-refractivity contribution is -0.142. The Bertz CT molecular complexity index is 578. The van der Waals surface area contributed by atoms with Gasteiger partial charge in [0.2, 0.25) is 0 Å². The van der Waals surface area contributed by atoms with Crippen LogP contribution >= 0.6 is 12.4 Å². The van der Waals surface area contributed by atoms with Crippen LogP contribution in [0.3, 0.4) is 0 Å². The van der Waals surface area contributed by atoms with E-state index >= 15 is 0 Å². The third kappa shape index (κ3) is 15.7. The van der Waals surface area contributed by atoms with E-state index in [1.807, 2.05) is 19.9 Å². The van der Waals surface area contributed by atoms with Crippen LogP contribution in [0.5, 0.6) is 0 Å². The molecule has 7 heteroatoms. The van der Waals surface area contributed by atoms with Crippen molar-refractivity contribution in [2.75, 3.05) is 13.2 Å². The molecule has 1 atom stereocenters. The number of nitrogens with zero attached hydrogens (tertiary/aromatic N) is 1. The molecular weight excluding hydrogens is 392 g/mol. The average Bonchev–Trinajstić information content (AvgIpc) is 2.58. The zero-order valence-electron chi connectivity index (χ0n) is 18.8. The van der Waals surface area contributed by atoms with Crippen molar-refractivity contribution in [3.8, 4) is 6.07 Å². The molecular formula is C22H39ClN2O4. The van der Waals surface area contributed by atoms with Crippen molar-refractivity contribution < 1.29 is 19.4 Å². The van der Waals surface area contributed by atoms with Crippen molar-refractivity contribution in [1.82, 2.24) is 0 Å². The Morgan fingerprint density at radius 3 is 2.17 bits per heavy atom. The number of hydrogen-bond acceptors (Lipinski definition) is 5. The van der Waals surface area contributed by atoms with Gasteiger partial charge in [0.25, 0.3) is 0 Å². The molecule has 0 aromatic heterocycles. The number of hydrogen-bond donors (Lipinski definition) is 2. The van der Waals surface area contributed by atoms with Crippen LogP contribution in [-0.2, 0) is 14.3 Å². The summed E-state index contributed by atoms with van der Waals surface area (Å²) in [6.07, 6.45) is 6.91. The van der Waals surface area contributed by atoms with Crippen molar-refractivity contribution in [3.05, 3.63) is 24.3 Å². The summed E-state index contributed by atoms with van der Waals surface area (Å²) in [5.74, 6) is -1.72. The molecule has 0 aliphatic rings. The summed E-state index contributed by atoms with van der Waals surface area (Å²) in [4.78, 5) is 22.0. The monoisotopic (exact) mass is 430 g/mol. The fourth-order valence-electron chi connectivity index (χ4n) is 2.88. The van der Waals surface area contributed by atoms with E-state index in [0.717, 1.165) is 12.8 Å². The first-order valence-electron chi connectivity index (χ1n) is 9.73. The van der Waals surface area contributed by atoms with Crippen molar-refractivity contribution in [2.45, 2.75) is 67.2 Å². The summed E-state index contributed by atoms with van der Waals surface area (Å²) in [5, 5.41) is 17.6. The lowest BCUT2D eigenvalue weighted by Crippen LogP contribution is -2.29. The van der Waals surface area contributed by atoms with Gasteiger partial charge < -0.3 is 15.6 Å². The fraction of sp³-hybridized carbons (Fsp3) is 0.682. The van der Waals surface area contributed by atoms with Gasteiger partial charge >= 0.3 is 11.9 Å². The molecule has 0 aliphatic carbocycles. The molecule has 0 heterocycles. The number of allylic oxidation sites excluding steroid dienone is 2. The summed E-state index contributed by atoms with van der Waals surface area (Å²) >= 11 is 0. The van der Waals surface area contributed by atoms with Crippen LogP contribution in [0.25, 0.3) is 0 Å². The first-order chi connectivity index (χ1) is 12.9. The molecule has 0 fully saturated rings. The minimum absolute atomic E-state index is 0. The van der Waals surface area contributed by atoms with E-state index in [9.17, 15) is 9.59 Å². The van der Waals surface area contributed by atoms with Crippen LogP contribution in [0.15, 0.2) is 24.3 Å². The van der Waals surface area contributed by atoms with Gasteiger partial charge in [0.15, 0.2) is 0 Å². The van der Waals surface area contributed by atoms with Gasteiger partial charge in [0, 0.05) is 6.54 Å². The molecule has 3 N–H and O–H groups in total. The molecule has 0 bridgehead atoms. The maximum Gasteiger partial charge on any atom is 0.348 e. The largest absolute Gasteiger partial charge is 0.481 e. The highest BCUT2D eigenvalue weighted by atomic mass is 35.5. The van der Waals surface area contributed by atoms with E-state index < -0.39 is 11.9 Å². The lowest BCUT2D eigenvalue weighted by atomic mass is 9.79. The molecule has 0 aromatic carbocycles. The predicted molar refractivity (Wildman–Crippen MR) is 120 cm³/mol. The molecule has 0 rings (SSSR count). The highest BCUT2D eigenvalue weighted by Crippen LogP contribution is 2.30. The molecule has 0 radical (unpaired) electrons. The number of halogens is 1. The normalized spacial score (nSPS) is 12.4. The molecule has 1 unspecified atom stereocenters. The van der Waals surface area contributed by atoms with Gasteiger partial charge in [-0.15, -0.1) is 19.0 Å². The minimum atomic E-state index is -0.772. The summed E-state index contributed by atoms with van der Waals surface area (Å²) < 4.78 is 4.76. The number of carboxylic acid groups (broad SMARTS) is 1. The van der Waals surface area contributed by atoms with E-state index in [1.54, 1.807) is 19.1 Å². The van der Waals surface area contributed by atoms with Gasteiger partial charge in [0.05, 0.1) is 12.5 Å². The van der Waals surface area contributed by atoms with E-state index in [4.69, 9.17) is 20.8 Å². The molecule has 6 nitrogen and oxygen atoms in total. The molecule has 0 saturated heterocycles. The van der Waals surface area contributed by atoms with Crippen LogP contribution in [0.1, 0.15) is 67.2 Å². The predicted octanol–water partition coefficient (Wildman–Crippen LogP) is 4.89. The van der Waals surface area contributed by atoms with Gasteiger partial charge in [-0.25, -0.2) is 4.79 Å². The molecule has 0 amide bonds. The highest BCUT2D eigenvalue weighted by molar-refractivity contribution is 5.92. The number of nitriles is 1. The van der Waals surface area contributed by atoms with Crippen LogP contribution in [0, 0.1) is 28.1 Å². The zero-order valence-corrected chi connectivity index (χ0v) is 19.6. The van der Waals surface area contributed by atoms with Gasteiger partial charge in [0.1, 0.15) is 11.6 Å². The standard InChI is InChI=1S/C12H17NO2.C10H21NO2.ClH/c1-5-7-12(3,4)8-10(9-13)11(14)15-6-2;1-4-5-10(2,3)6-8(7-11)9(12)13;/h5,8H,1,6-7H2,2-4H3;8H,4-7,11H2,1-3H3,(H,12,13);1H. The van der Waals surface area contributed by atoms with Gasteiger partial charge in [-0.05, 0) is 37.0 Å². The van der Waals surface area contributed by atoms with Crippen LogP contribution in [0.2, 0.25) is 0 Å². The second-order valence-electron chi connectivity index (χ2n) is 8.26. The number of esters is 1. The van der Waals surface area contributed by atoms with Crippen LogP contribution < -0.4 is 5.73 Å². The number of carboxylic acids is 1. The van der Waals surface area contributed by atoms with Gasteiger partial charge in [-0.3, -0.25) is 4.79 Å². The zero-order chi connectivity index (χ0) is 22.4. The lowest BCUT2D eigenvalue weighted by Gasteiger charge is -2.26. The number of carbonyl (C=O) groups excluding carboxylic acids is 1. The second-order valence-corrected chi connectivity index (χ2v) is 8.26. The van der Waals surface area contributed by atoms with Crippen molar-refractivity contribution in [1.29, 1.82) is 5.26 Å². The highest BCUT2D eigenvalue weighted by Gasteiger charge is 2.26. The Balaban J connectivity index is -0.000000455. The van der Waals surface area contributed by atoms with E-state index in [2.05, 4.69) is 27.4 Å². The third-order valence-corrected chi connectivity index (χ3v) is 4.18. The molecule has 0 saturated carbocycles. The second kappa shape index (κ2) is 16.0. The molecule has 168 valence electrons. The minimum Gasteiger partial charge on any atom is -0.481 e. The van der Waals surface area contributed by atoms with Gasteiger partial charge in [-0.1, -0.05) is 53.2 Å². The Kier molecular flexibility index (Phi) is 17.6. The first kappa shape index (κ1) is 31.8. The quantitative estimate of drug-likeness (QED) is 0.209. The Labute approximate surface area is 182 Å². The Morgan fingerprint density at radius 1 is 1.28 bits per heavy atom. The maximum atomic E-state index is 11.3. The number of carbonyl (C=O) groups is 2.